The first-order chi connectivity index (χ1) is 17.7. The van der Waals surface area contributed by atoms with E-state index in [9.17, 15) is 23.1 Å². The van der Waals surface area contributed by atoms with Gasteiger partial charge < -0.3 is 15.3 Å². The molecule has 1 aliphatic rings. The molecule has 0 radical (unpaired) electrons. The molecule has 1 saturated heterocycles. The van der Waals surface area contributed by atoms with Crippen molar-refractivity contribution in [1.82, 2.24) is 24.8 Å². The summed E-state index contributed by atoms with van der Waals surface area (Å²) in [5.74, 6) is -0.00985. The van der Waals surface area contributed by atoms with Crippen LogP contribution in [0.1, 0.15) is 24.0 Å². The van der Waals surface area contributed by atoms with E-state index >= 15 is 0 Å². The minimum Gasteiger partial charge on any atom is -0.508 e. The molecule has 1 fully saturated rings. The average molecular weight is 510 g/mol. The number of aromatic hydroxyl groups is 1. The predicted octanol–water partition coefficient (Wildman–Crippen LogP) is 4.36. The minimum atomic E-state index is -4.50. The van der Waals surface area contributed by atoms with Crippen molar-refractivity contribution in [2.75, 3.05) is 20.1 Å². The smallest absolute Gasteiger partial charge is 0.416 e. The molecule has 10 heteroatoms. The number of nitrogens with zero attached hydrogens (tertiary/aromatic N) is 4. The van der Waals surface area contributed by atoms with Crippen molar-refractivity contribution in [3.8, 4) is 22.6 Å². The van der Waals surface area contributed by atoms with Gasteiger partial charge in [0, 0.05) is 37.0 Å². The fourth-order valence-corrected chi connectivity index (χ4v) is 4.87. The molecule has 0 amide bonds. The van der Waals surface area contributed by atoms with Crippen LogP contribution in [-0.4, -0.2) is 50.7 Å². The molecule has 0 aliphatic carbocycles. The molecule has 0 bridgehead atoms. The Labute approximate surface area is 211 Å². The molecular formula is C27H26F3N5O2. The zero-order chi connectivity index (χ0) is 26.2. The lowest BCUT2D eigenvalue weighted by Crippen LogP contribution is -2.35. The van der Waals surface area contributed by atoms with Gasteiger partial charge >= 0.3 is 6.18 Å². The monoisotopic (exact) mass is 509 g/mol. The maximum Gasteiger partial charge on any atom is 0.416 e. The summed E-state index contributed by atoms with van der Waals surface area (Å²) in [7, 11) is 1.92. The summed E-state index contributed by atoms with van der Waals surface area (Å²) in [5, 5.41) is 13.6. The Balaban J connectivity index is 1.69. The zero-order valence-corrected chi connectivity index (χ0v) is 20.2. The number of nitrogens with one attached hydrogen (secondary N) is 1. The summed E-state index contributed by atoms with van der Waals surface area (Å²) in [6, 6.07) is 11.6. The van der Waals surface area contributed by atoms with E-state index in [-0.39, 0.29) is 16.8 Å². The van der Waals surface area contributed by atoms with Gasteiger partial charge in [-0.2, -0.15) is 13.2 Å². The Morgan fingerprint density at radius 2 is 1.97 bits per heavy atom. The van der Waals surface area contributed by atoms with Crippen molar-refractivity contribution >= 4 is 11.0 Å². The van der Waals surface area contributed by atoms with Crippen molar-refractivity contribution in [3.63, 3.8) is 0 Å². The van der Waals surface area contributed by atoms with Crippen molar-refractivity contribution in [3.05, 3.63) is 82.5 Å². The molecule has 3 heterocycles. The number of aromatic nitrogens is 3. The molecule has 0 spiro atoms. The minimum absolute atomic E-state index is 0.00985. The van der Waals surface area contributed by atoms with Crippen LogP contribution in [0.15, 0.2) is 65.8 Å². The van der Waals surface area contributed by atoms with Crippen molar-refractivity contribution in [1.29, 1.82) is 0 Å². The largest absolute Gasteiger partial charge is 0.508 e. The first-order valence-electron chi connectivity index (χ1n) is 12.0. The number of benzene rings is 2. The molecule has 37 heavy (non-hydrogen) atoms. The van der Waals surface area contributed by atoms with Crippen LogP contribution in [0.3, 0.4) is 0 Å². The van der Waals surface area contributed by atoms with Crippen molar-refractivity contribution < 1.29 is 18.3 Å². The Kier molecular flexibility index (Phi) is 6.70. The van der Waals surface area contributed by atoms with E-state index in [0.717, 1.165) is 31.5 Å². The standard InChI is InChI=1S/C27H26F3N5O2/c1-34(14-19-7-4-10-31-19)15-23-22(17-5-2-6-18(11-17)27(28,29)30)13-32-25-24(23)26(37)35(16-33-25)20-8-3-9-21(36)12-20/h2-3,5-6,8-9,11-13,16,19,31,36H,4,7,10,14-15H2,1H3/t19-/m0/s1. The molecule has 2 aromatic heterocycles. The van der Waals surface area contributed by atoms with Crippen LogP contribution in [0, 0.1) is 0 Å². The van der Waals surface area contributed by atoms with Crippen LogP contribution in [0.2, 0.25) is 0 Å². The van der Waals surface area contributed by atoms with Gasteiger partial charge in [-0.05, 0) is 61.8 Å². The fraction of sp³-hybridized carbons (Fsp3) is 0.296. The lowest BCUT2D eigenvalue weighted by atomic mass is 9.97. The Morgan fingerprint density at radius 1 is 1.16 bits per heavy atom. The topological polar surface area (TPSA) is 83.3 Å². The lowest BCUT2D eigenvalue weighted by Gasteiger charge is -2.23. The SMILES string of the molecule is CN(Cc1c(-c2cccc(C(F)(F)F)c2)cnc2ncn(-c3cccc(O)c3)c(=O)c12)C[C@@H]1CCCN1. The normalized spacial score (nSPS) is 16.1. The molecular weight excluding hydrogens is 483 g/mol. The third-order valence-electron chi connectivity index (χ3n) is 6.63. The molecule has 7 nitrogen and oxygen atoms in total. The highest BCUT2D eigenvalue weighted by atomic mass is 19.4. The third kappa shape index (κ3) is 5.21. The number of fused-ring (bicyclic) bond motifs is 1. The van der Waals surface area contributed by atoms with E-state index in [1.54, 1.807) is 18.2 Å². The van der Waals surface area contributed by atoms with Gasteiger partial charge in [0.2, 0.25) is 0 Å². The van der Waals surface area contributed by atoms with E-state index < -0.39 is 17.3 Å². The molecule has 2 N–H and O–H groups in total. The summed E-state index contributed by atoms with van der Waals surface area (Å²) >= 11 is 0. The van der Waals surface area contributed by atoms with E-state index in [1.165, 1.54) is 35.3 Å². The van der Waals surface area contributed by atoms with Crippen molar-refractivity contribution in [2.45, 2.75) is 31.6 Å². The highest BCUT2D eigenvalue weighted by Crippen LogP contribution is 2.34. The highest BCUT2D eigenvalue weighted by molar-refractivity contribution is 5.86. The summed E-state index contributed by atoms with van der Waals surface area (Å²) in [6.45, 7) is 1.97. The number of pyridine rings is 1. The van der Waals surface area contributed by atoms with E-state index in [2.05, 4.69) is 20.2 Å². The molecule has 4 aromatic rings. The number of alkyl halides is 3. The Morgan fingerprint density at radius 3 is 2.70 bits per heavy atom. The molecule has 192 valence electrons. The molecule has 1 atom stereocenters. The number of hydrogen-bond donors (Lipinski definition) is 2. The number of rotatable bonds is 6. The van der Waals surface area contributed by atoms with Crippen LogP contribution in [0.5, 0.6) is 5.75 Å². The summed E-state index contributed by atoms with van der Waals surface area (Å²) in [5.41, 5.74) is 0.744. The van der Waals surface area contributed by atoms with Crippen LogP contribution in [0.4, 0.5) is 13.2 Å². The highest BCUT2D eigenvalue weighted by Gasteiger charge is 2.31. The number of phenolic OH excluding ortho intramolecular Hbond substituents is 1. The van der Waals surface area contributed by atoms with E-state index in [0.29, 0.717) is 41.5 Å². The number of phenols is 1. The maximum absolute atomic E-state index is 13.8. The number of halogens is 3. The van der Waals surface area contributed by atoms with E-state index in [4.69, 9.17) is 0 Å². The van der Waals surface area contributed by atoms with Gasteiger partial charge in [-0.1, -0.05) is 18.2 Å². The van der Waals surface area contributed by atoms with Gasteiger partial charge in [0.15, 0.2) is 5.65 Å². The summed E-state index contributed by atoms with van der Waals surface area (Å²) < 4.78 is 41.8. The second kappa shape index (κ2) is 9.95. The summed E-state index contributed by atoms with van der Waals surface area (Å²) in [4.78, 5) is 24.6. The number of hydrogen-bond acceptors (Lipinski definition) is 6. The molecule has 5 rings (SSSR count). The quantitative estimate of drug-likeness (QED) is 0.402. The first kappa shape index (κ1) is 24.9. The van der Waals surface area contributed by atoms with Gasteiger partial charge in [0.25, 0.3) is 5.56 Å². The Hall–Kier alpha value is -3.76. The Bertz CT molecular complexity index is 1500. The maximum atomic E-state index is 13.8. The molecule has 0 saturated carbocycles. The zero-order valence-electron chi connectivity index (χ0n) is 20.2. The van der Waals surface area contributed by atoms with Crippen LogP contribution in [0.25, 0.3) is 27.8 Å². The lowest BCUT2D eigenvalue weighted by molar-refractivity contribution is -0.137. The molecule has 2 aromatic carbocycles. The second-order valence-electron chi connectivity index (χ2n) is 9.36. The average Bonchev–Trinajstić information content (AvgIpc) is 3.37. The summed E-state index contributed by atoms with van der Waals surface area (Å²) in [6.07, 6.45) is 0.444. The van der Waals surface area contributed by atoms with Gasteiger partial charge in [0.05, 0.1) is 16.6 Å². The second-order valence-corrected chi connectivity index (χ2v) is 9.36. The van der Waals surface area contributed by atoms with Gasteiger partial charge in [-0.15, -0.1) is 0 Å². The molecule has 0 unspecified atom stereocenters. The fourth-order valence-electron chi connectivity index (χ4n) is 4.87. The van der Waals surface area contributed by atoms with Gasteiger partial charge in [0.1, 0.15) is 12.1 Å². The van der Waals surface area contributed by atoms with Crippen LogP contribution in [-0.2, 0) is 12.7 Å². The predicted molar refractivity (Wildman–Crippen MR) is 135 cm³/mol. The van der Waals surface area contributed by atoms with Gasteiger partial charge in [-0.25, -0.2) is 9.97 Å². The van der Waals surface area contributed by atoms with E-state index in [1.807, 2.05) is 7.05 Å². The third-order valence-corrected chi connectivity index (χ3v) is 6.63. The van der Waals surface area contributed by atoms with Crippen LogP contribution >= 0.6 is 0 Å². The van der Waals surface area contributed by atoms with Crippen molar-refractivity contribution in [2.24, 2.45) is 0 Å². The van der Waals surface area contributed by atoms with Crippen LogP contribution < -0.4 is 10.9 Å². The number of likely N-dealkylation sites (N-methyl/N-ethyl adjacent to an activating group) is 1. The molecule has 1 aliphatic heterocycles. The van der Waals surface area contributed by atoms with Gasteiger partial charge in [-0.3, -0.25) is 9.36 Å². The first-order valence-corrected chi connectivity index (χ1v) is 12.0.